The van der Waals surface area contributed by atoms with E-state index in [2.05, 4.69) is 17.0 Å². The van der Waals surface area contributed by atoms with Crippen molar-refractivity contribution in [3.05, 3.63) is 18.0 Å². The Morgan fingerprint density at radius 2 is 2.29 bits per heavy atom. The third-order valence-electron chi connectivity index (χ3n) is 3.45. The van der Waals surface area contributed by atoms with Gasteiger partial charge in [-0.15, -0.1) is 0 Å². The zero-order chi connectivity index (χ0) is 12.3. The maximum absolute atomic E-state index is 6.19. The number of hydrogen-bond acceptors (Lipinski definition) is 4. The first-order chi connectivity index (χ1) is 8.16. The molecule has 0 aromatic carbocycles. The van der Waals surface area contributed by atoms with Crippen LogP contribution >= 0.6 is 0 Å². The molecule has 2 rings (SSSR count). The number of hydrogen-bond donors (Lipinski definition) is 1. The van der Waals surface area contributed by atoms with Crippen LogP contribution in [0, 0.1) is 0 Å². The van der Waals surface area contributed by atoms with Gasteiger partial charge in [-0.05, 0) is 19.9 Å². The van der Waals surface area contributed by atoms with Crippen LogP contribution in [0.25, 0.3) is 0 Å². The summed E-state index contributed by atoms with van der Waals surface area (Å²) in [4.78, 5) is 2.35. The minimum absolute atomic E-state index is 0.0385. The second kappa shape index (κ2) is 5.62. The predicted molar refractivity (Wildman–Crippen MR) is 66.6 cm³/mol. The predicted octanol–water partition coefficient (Wildman–Crippen LogP) is 0.531. The standard InChI is InChI=1S/C12H22N4O/c1-15(11-3-5-17-6-4-11)9-12(13)10-7-14-16(2)8-10/h7-8,11-12H,3-6,9,13H2,1-2H3. The van der Waals surface area contributed by atoms with Gasteiger partial charge in [-0.2, -0.15) is 5.10 Å². The summed E-state index contributed by atoms with van der Waals surface area (Å²) in [5, 5.41) is 4.16. The molecule has 1 aliphatic heterocycles. The second-order valence-corrected chi connectivity index (χ2v) is 4.84. The topological polar surface area (TPSA) is 56.3 Å². The summed E-state index contributed by atoms with van der Waals surface area (Å²) in [5.41, 5.74) is 7.29. The maximum Gasteiger partial charge on any atom is 0.0537 e. The molecule has 0 saturated carbocycles. The van der Waals surface area contributed by atoms with Gasteiger partial charge in [-0.1, -0.05) is 0 Å². The lowest BCUT2D eigenvalue weighted by Crippen LogP contribution is -2.40. The van der Waals surface area contributed by atoms with Gasteiger partial charge in [0, 0.05) is 50.7 Å². The molecule has 2 heterocycles. The maximum atomic E-state index is 6.19. The lowest BCUT2D eigenvalue weighted by molar-refractivity contribution is 0.0413. The first-order valence-corrected chi connectivity index (χ1v) is 6.19. The normalized spacial score (nSPS) is 19.8. The van der Waals surface area contributed by atoms with Crippen molar-refractivity contribution in [2.45, 2.75) is 24.9 Å². The average Bonchev–Trinajstić information content (AvgIpc) is 2.77. The largest absolute Gasteiger partial charge is 0.381 e. The molecule has 17 heavy (non-hydrogen) atoms. The van der Waals surface area contributed by atoms with Crippen molar-refractivity contribution < 1.29 is 4.74 Å². The molecule has 1 atom stereocenters. The molecule has 0 radical (unpaired) electrons. The second-order valence-electron chi connectivity index (χ2n) is 4.84. The van der Waals surface area contributed by atoms with E-state index >= 15 is 0 Å². The van der Waals surface area contributed by atoms with E-state index in [1.165, 1.54) is 0 Å². The molecule has 0 aliphatic carbocycles. The van der Waals surface area contributed by atoms with Gasteiger partial charge in [-0.25, -0.2) is 0 Å². The van der Waals surface area contributed by atoms with Gasteiger partial charge >= 0.3 is 0 Å². The minimum Gasteiger partial charge on any atom is -0.381 e. The molecule has 96 valence electrons. The van der Waals surface area contributed by atoms with Crippen LogP contribution in [0.3, 0.4) is 0 Å². The monoisotopic (exact) mass is 238 g/mol. The van der Waals surface area contributed by atoms with E-state index in [4.69, 9.17) is 10.5 Å². The fourth-order valence-corrected chi connectivity index (χ4v) is 2.32. The first kappa shape index (κ1) is 12.5. The molecule has 1 unspecified atom stereocenters. The lowest BCUT2D eigenvalue weighted by Gasteiger charge is -2.32. The summed E-state index contributed by atoms with van der Waals surface area (Å²) in [6.07, 6.45) is 6.05. The van der Waals surface area contributed by atoms with Crippen LogP contribution in [0.2, 0.25) is 0 Å². The Labute approximate surface area is 103 Å². The average molecular weight is 238 g/mol. The van der Waals surface area contributed by atoms with E-state index in [1.54, 1.807) is 4.68 Å². The highest BCUT2D eigenvalue weighted by Crippen LogP contribution is 2.16. The van der Waals surface area contributed by atoms with Gasteiger partial charge in [-0.3, -0.25) is 4.68 Å². The molecule has 0 spiro atoms. The summed E-state index contributed by atoms with van der Waals surface area (Å²) >= 11 is 0. The van der Waals surface area contributed by atoms with Crippen molar-refractivity contribution in [3.8, 4) is 0 Å². The molecule has 1 aromatic rings. The molecular formula is C12H22N4O. The molecule has 1 aliphatic rings. The van der Waals surface area contributed by atoms with E-state index in [-0.39, 0.29) is 6.04 Å². The van der Waals surface area contributed by atoms with Gasteiger partial charge in [0.2, 0.25) is 0 Å². The fourth-order valence-electron chi connectivity index (χ4n) is 2.32. The van der Waals surface area contributed by atoms with E-state index in [1.807, 2.05) is 19.4 Å². The Kier molecular flexibility index (Phi) is 4.15. The van der Waals surface area contributed by atoms with Crippen LogP contribution in [0.15, 0.2) is 12.4 Å². The van der Waals surface area contributed by atoms with Crippen LogP contribution in [0.4, 0.5) is 0 Å². The van der Waals surface area contributed by atoms with E-state index < -0.39 is 0 Å². The lowest BCUT2D eigenvalue weighted by atomic mass is 10.1. The van der Waals surface area contributed by atoms with Crippen LogP contribution in [-0.4, -0.2) is 47.5 Å². The molecule has 0 bridgehead atoms. The Morgan fingerprint density at radius 3 is 2.88 bits per heavy atom. The Balaban J connectivity index is 1.87. The summed E-state index contributed by atoms with van der Waals surface area (Å²) in [7, 11) is 4.06. The number of ether oxygens (including phenoxy) is 1. The third-order valence-corrected chi connectivity index (χ3v) is 3.45. The Bertz CT molecular complexity index is 346. The Hall–Kier alpha value is -0.910. The summed E-state index contributed by atoms with van der Waals surface area (Å²) in [5.74, 6) is 0. The summed E-state index contributed by atoms with van der Waals surface area (Å²) in [6, 6.07) is 0.642. The third kappa shape index (κ3) is 3.28. The molecule has 2 N–H and O–H groups in total. The van der Waals surface area contributed by atoms with E-state index in [9.17, 15) is 0 Å². The molecule has 5 heteroatoms. The van der Waals surface area contributed by atoms with E-state index in [0.717, 1.165) is 38.2 Å². The zero-order valence-corrected chi connectivity index (χ0v) is 10.7. The van der Waals surface area contributed by atoms with E-state index in [0.29, 0.717) is 6.04 Å². The molecule has 1 saturated heterocycles. The highest BCUT2D eigenvalue weighted by Gasteiger charge is 2.20. The van der Waals surface area contributed by atoms with Gasteiger partial charge in [0.1, 0.15) is 0 Å². The Morgan fingerprint density at radius 1 is 1.59 bits per heavy atom. The molecule has 1 aromatic heterocycles. The quantitative estimate of drug-likeness (QED) is 0.831. The van der Waals surface area contributed by atoms with Crippen LogP contribution < -0.4 is 5.73 Å². The zero-order valence-electron chi connectivity index (χ0n) is 10.7. The number of nitrogens with two attached hydrogens (primary N) is 1. The van der Waals surface area contributed by atoms with Crippen molar-refractivity contribution in [2.24, 2.45) is 12.8 Å². The number of likely N-dealkylation sites (N-methyl/N-ethyl adjacent to an activating group) is 1. The number of rotatable bonds is 4. The summed E-state index contributed by atoms with van der Waals surface area (Å²) < 4.78 is 7.17. The first-order valence-electron chi connectivity index (χ1n) is 6.19. The minimum atomic E-state index is 0.0385. The summed E-state index contributed by atoms with van der Waals surface area (Å²) in [6.45, 7) is 2.62. The van der Waals surface area contributed by atoms with Crippen molar-refractivity contribution in [3.63, 3.8) is 0 Å². The number of aryl methyl sites for hydroxylation is 1. The van der Waals surface area contributed by atoms with Crippen molar-refractivity contribution >= 4 is 0 Å². The van der Waals surface area contributed by atoms with Gasteiger partial charge in [0.15, 0.2) is 0 Å². The number of aromatic nitrogens is 2. The van der Waals surface area contributed by atoms with Gasteiger partial charge in [0.25, 0.3) is 0 Å². The van der Waals surface area contributed by atoms with Crippen molar-refractivity contribution in [1.29, 1.82) is 0 Å². The van der Waals surface area contributed by atoms with Crippen LogP contribution in [-0.2, 0) is 11.8 Å². The number of nitrogens with zero attached hydrogens (tertiary/aromatic N) is 3. The van der Waals surface area contributed by atoms with Crippen LogP contribution in [0.1, 0.15) is 24.4 Å². The van der Waals surface area contributed by atoms with Gasteiger partial charge < -0.3 is 15.4 Å². The van der Waals surface area contributed by atoms with Crippen molar-refractivity contribution in [1.82, 2.24) is 14.7 Å². The molecule has 1 fully saturated rings. The highest BCUT2D eigenvalue weighted by atomic mass is 16.5. The fraction of sp³-hybridized carbons (Fsp3) is 0.750. The van der Waals surface area contributed by atoms with Crippen molar-refractivity contribution in [2.75, 3.05) is 26.8 Å². The molecular weight excluding hydrogens is 216 g/mol. The SMILES string of the molecule is CN(CC(N)c1cnn(C)c1)C1CCOCC1. The van der Waals surface area contributed by atoms with Gasteiger partial charge in [0.05, 0.1) is 6.20 Å². The smallest absolute Gasteiger partial charge is 0.0537 e. The highest BCUT2D eigenvalue weighted by molar-refractivity contribution is 5.10. The van der Waals surface area contributed by atoms with Crippen LogP contribution in [0.5, 0.6) is 0 Å². The molecule has 0 amide bonds. The molecule has 5 nitrogen and oxygen atoms in total.